The van der Waals surface area contributed by atoms with Crippen LogP contribution in [0.2, 0.25) is 0 Å². The lowest BCUT2D eigenvalue weighted by atomic mass is 9.57. The van der Waals surface area contributed by atoms with Crippen LogP contribution in [-0.4, -0.2) is 22.5 Å². The van der Waals surface area contributed by atoms with Crippen molar-refractivity contribution < 1.29 is 0 Å². The molecule has 0 fully saturated rings. The summed E-state index contributed by atoms with van der Waals surface area (Å²) >= 11 is 0. The molecule has 2 atom stereocenters. The van der Waals surface area contributed by atoms with Crippen LogP contribution < -0.4 is 5.73 Å². The molecule has 130 valence electrons. The number of nitrogens with zero attached hydrogens (tertiary/aromatic N) is 5. The van der Waals surface area contributed by atoms with Crippen LogP contribution in [0.3, 0.4) is 0 Å². The van der Waals surface area contributed by atoms with Crippen molar-refractivity contribution in [3.8, 4) is 18.2 Å². The van der Waals surface area contributed by atoms with Crippen LogP contribution in [0, 0.1) is 45.3 Å². The molecule has 6 nitrogen and oxygen atoms in total. The molecule has 2 aliphatic rings. The summed E-state index contributed by atoms with van der Waals surface area (Å²) in [7, 11) is 0. The number of pyridine rings is 1. The zero-order valence-electron chi connectivity index (χ0n) is 14.8. The Labute approximate surface area is 153 Å². The summed E-state index contributed by atoms with van der Waals surface area (Å²) in [5.74, 6) is -0.584. The van der Waals surface area contributed by atoms with E-state index in [0.29, 0.717) is 6.04 Å². The summed E-state index contributed by atoms with van der Waals surface area (Å²) in [6, 6.07) is 10.4. The van der Waals surface area contributed by atoms with Gasteiger partial charge in [-0.2, -0.15) is 15.8 Å². The number of rotatable bonds is 2. The second kappa shape index (κ2) is 6.54. The van der Waals surface area contributed by atoms with Crippen molar-refractivity contribution >= 4 is 0 Å². The predicted octanol–water partition coefficient (Wildman–Crippen LogP) is 2.56. The van der Waals surface area contributed by atoms with Gasteiger partial charge in [-0.3, -0.25) is 4.98 Å². The van der Waals surface area contributed by atoms with Crippen LogP contribution in [0.5, 0.6) is 0 Å². The zero-order valence-corrected chi connectivity index (χ0v) is 14.8. The minimum atomic E-state index is -1.57. The molecule has 2 heterocycles. The first-order chi connectivity index (χ1) is 12.5. The number of allylic oxidation sites excluding steroid dienone is 3. The largest absolute Gasteiger partial charge is 0.399 e. The first kappa shape index (κ1) is 17.5. The predicted molar refractivity (Wildman–Crippen MR) is 95.5 cm³/mol. The molecule has 0 saturated heterocycles. The summed E-state index contributed by atoms with van der Waals surface area (Å²) in [5.41, 5.74) is 6.64. The van der Waals surface area contributed by atoms with Gasteiger partial charge in [0.2, 0.25) is 0 Å². The molecule has 26 heavy (non-hydrogen) atoms. The number of hydrogen-bond acceptors (Lipinski definition) is 6. The van der Waals surface area contributed by atoms with Crippen molar-refractivity contribution in [2.24, 2.45) is 17.1 Å². The maximum absolute atomic E-state index is 9.94. The lowest BCUT2D eigenvalue weighted by molar-refractivity contribution is 0.228. The Balaban J connectivity index is 2.30. The molecule has 0 saturated carbocycles. The quantitative estimate of drug-likeness (QED) is 0.882. The lowest BCUT2D eigenvalue weighted by Crippen LogP contribution is -2.45. The van der Waals surface area contributed by atoms with Crippen molar-refractivity contribution in [2.45, 2.75) is 32.2 Å². The van der Waals surface area contributed by atoms with Gasteiger partial charge in [-0.15, -0.1) is 0 Å². The van der Waals surface area contributed by atoms with E-state index in [9.17, 15) is 15.8 Å². The summed E-state index contributed by atoms with van der Waals surface area (Å²) < 4.78 is 0. The van der Waals surface area contributed by atoms with E-state index in [1.807, 2.05) is 12.3 Å². The highest BCUT2D eigenvalue weighted by Gasteiger charge is 2.54. The highest BCUT2D eigenvalue weighted by molar-refractivity contribution is 5.58. The van der Waals surface area contributed by atoms with Gasteiger partial charge in [0.25, 0.3) is 0 Å². The number of fused-ring (bicyclic) bond motifs is 1. The molecule has 0 aromatic carbocycles. The molecule has 0 spiro atoms. The topological polar surface area (TPSA) is 114 Å². The standard InChI is InChI=1S/C20H20N6/c1-13(2)26-7-5-15-17(10-26)16(8-21)19(24)20(11-22,12-23)18(15)14-4-3-6-25-9-14/h3-4,6,9-10,13,15,18H,5,7,24H2,1-2H3. The third kappa shape index (κ3) is 2.41. The van der Waals surface area contributed by atoms with Gasteiger partial charge in [0.05, 0.1) is 23.4 Å². The number of nitrogens with two attached hydrogens (primary N) is 1. The monoisotopic (exact) mass is 344 g/mol. The van der Waals surface area contributed by atoms with Crippen molar-refractivity contribution in [2.75, 3.05) is 6.54 Å². The van der Waals surface area contributed by atoms with Gasteiger partial charge >= 0.3 is 0 Å². The van der Waals surface area contributed by atoms with E-state index in [0.717, 1.165) is 24.1 Å². The Morgan fingerprint density at radius 3 is 2.58 bits per heavy atom. The molecule has 0 bridgehead atoms. The summed E-state index contributed by atoms with van der Waals surface area (Å²) in [6.07, 6.45) is 6.06. The molecule has 3 rings (SSSR count). The lowest BCUT2D eigenvalue weighted by Gasteiger charge is -2.45. The summed E-state index contributed by atoms with van der Waals surface area (Å²) in [6.45, 7) is 4.98. The van der Waals surface area contributed by atoms with E-state index < -0.39 is 11.3 Å². The zero-order chi connectivity index (χ0) is 18.9. The molecule has 2 N–H and O–H groups in total. The molecule has 1 aromatic rings. The van der Waals surface area contributed by atoms with Crippen LogP contribution >= 0.6 is 0 Å². The Morgan fingerprint density at radius 1 is 1.31 bits per heavy atom. The second-order valence-electron chi connectivity index (χ2n) is 7.01. The van der Waals surface area contributed by atoms with Crippen LogP contribution in [-0.2, 0) is 0 Å². The van der Waals surface area contributed by atoms with Crippen LogP contribution in [0.1, 0.15) is 31.7 Å². The fourth-order valence-corrected chi connectivity index (χ4v) is 4.06. The first-order valence-electron chi connectivity index (χ1n) is 8.60. The Kier molecular flexibility index (Phi) is 4.41. The van der Waals surface area contributed by atoms with Gasteiger partial charge in [0, 0.05) is 37.1 Å². The molecular formula is C20H20N6. The minimum Gasteiger partial charge on any atom is -0.399 e. The highest BCUT2D eigenvalue weighted by Crippen LogP contribution is 2.55. The van der Waals surface area contributed by atoms with Crippen molar-refractivity contribution in [1.82, 2.24) is 9.88 Å². The van der Waals surface area contributed by atoms with E-state index in [2.05, 4.69) is 41.9 Å². The normalized spacial score (nSPS) is 24.2. The number of hydrogen-bond donors (Lipinski definition) is 1. The molecule has 1 aromatic heterocycles. The summed E-state index contributed by atoms with van der Waals surface area (Å²) in [5, 5.41) is 29.6. The Bertz CT molecular complexity index is 877. The second-order valence-corrected chi connectivity index (χ2v) is 7.01. The Morgan fingerprint density at radius 2 is 2.04 bits per heavy atom. The van der Waals surface area contributed by atoms with Gasteiger partial charge < -0.3 is 10.6 Å². The van der Waals surface area contributed by atoms with Crippen molar-refractivity contribution in [3.05, 3.63) is 53.1 Å². The maximum Gasteiger partial charge on any atom is 0.191 e. The number of aromatic nitrogens is 1. The smallest absolute Gasteiger partial charge is 0.191 e. The van der Waals surface area contributed by atoms with Gasteiger partial charge in [0.1, 0.15) is 6.07 Å². The minimum absolute atomic E-state index is 0.0481. The molecule has 0 radical (unpaired) electrons. The van der Waals surface area contributed by atoms with Gasteiger partial charge in [-0.05, 0) is 43.4 Å². The first-order valence-corrected chi connectivity index (χ1v) is 8.60. The SMILES string of the molecule is CC(C)N1C=C2C(C#N)=C(N)C(C#N)(C#N)C(c3cccnc3)C2CC1. The third-order valence-corrected chi connectivity index (χ3v) is 5.43. The van der Waals surface area contributed by atoms with Crippen LogP contribution in [0.25, 0.3) is 0 Å². The maximum atomic E-state index is 9.94. The molecule has 2 unspecified atom stereocenters. The van der Waals surface area contributed by atoms with Gasteiger partial charge in [0.15, 0.2) is 5.41 Å². The fourth-order valence-electron chi connectivity index (χ4n) is 4.06. The highest BCUT2D eigenvalue weighted by atomic mass is 15.1. The van der Waals surface area contributed by atoms with Crippen LogP contribution in [0.4, 0.5) is 0 Å². The average molecular weight is 344 g/mol. The van der Waals surface area contributed by atoms with E-state index >= 15 is 0 Å². The fraction of sp³-hybridized carbons (Fsp3) is 0.400. The number of nitriles is 3. The van der Waals surface area contributed by atoms with Crippen molar-refractivity contribution in [3.63, 3.8) is 0 Å². The Hall–Kier alpha value is -3.30. The molecular weight excluding hydrogens is 324 g/mol. The molecule has 6 heteroatoms. The summed E-state index contributed by atoms with van der Waals surface area (Å²) in [4.78, 5) is 6.34. The van der Waals surface area contributed by atoms with E-state index in [1.54, 1.807) is 18.5 Å². The molecule has 1 aliphatic carbocycles. The van der Waals surface area contributed by atoms with Gasteiger partial charge in [-0.1, -0.05) is 6.07 Å². The van der Waals surface area contributed by atoms with Gasteiger partial charge in [-0.25, -0.2) is 0 Å². The van der Waals surface area contributed by atoms with Crippen molar-refractivity contribution in [1.29, 1.82) is 15.8 Å². The van der Waals surface area contributed by atoms with E-state index in [4.69, 9.17) is 5.73 Å². The van der Waals surface area contributed by atoms with E-state index in [1.165, 1.54) is 0 Å². The average Bonchev–Trinajstić information content (AvgIpc) is 2.67. The molecule has 0 amide bonds. The van der Waals surface area contributed by atoms with Crippen LogP contribution in [0.15, 0.2) is 47.6 Å². The van der Waals surface area contributed by atoms with E-state index in [-0.39, 0.29) is 17.2 Å². The third-order valence-electron chi connectivity index (χ3n) is 5.43. The molecule has 1 aliphatic heterocycles.